The van der Waals surface area contributed by atoms with Gasteiger partial charge in [0.25, 0.3) is 5.91 Å². The van der Waals surface area contributed by atoms with Gasteiger partial charge >= 0.3 is 0 Å². The van der Waals surface area contributed by atoms with Crippen LogP contribution >= 0.6 is 11.3 Å². The summed E-state index contributed by atoms with van der Waals surface area (Å²) in [5.41, 5.74) is 3.97. The van der Waals surface area contributed by atoms with E-state index in [1.54, 1.807) is 30.4 Å². The summed E-state index contributed by atoms with van der Waals surface area (Å²) in [6.07, 6.45) is 0. The van der Waals surface area contributed by atoms with Gasteiger partial charge in [-0.1, -0.05) is 30.4 Å². The molecule has 176 valence electrons. The van der Waals surface area contributed by atoms with Crippen molar-refractivity contribution in [1.29, 1.82) is 0 Å². The second-order valence-corrected chi connectivity index (χ2v) is 11.7. The standard InChI is InChI=1S/C24H30N4O3S2/c1-4-33(30,31)20-7-5-6-19(16-20)23(29)25-8-9-27-10-12-28(13-11-27)24-26-21-15-17(2)14-18(3)22(21)32-24/h5-7,14-16H,4,8-13H2,1-3H3,(H,25,29). The molecule has 4 rings (SSSR count). The summed E-state index contributed by atoms with van der Waals surface area (Å²) >= 11 is 1.76. The fourth-order valence-corrected chi connectivity index (χ4v) is 6.08. The van der Waals surface area contributed by atoms with Crippen molar-refractivity contribution in [2.75, 3.05) is 49.9 Å². The molecule has 0 spiro atoms. The number of aryl methyl sites for hydroxylation is 2. The predicted molar refractivity (Wildman–Crippen MR) is 134 cm³/mol. The molecule has 0 radical (unpaired) electrons. The molecule has 1 amide bonds. The van der Waals surface area contributed by atoms with Gasteiger partial charge in [-0.25, -0.2) is 13.4 Å². The maximum atomic E-state index is 12.5. The molecular formula is C24H30N4O3S2. The number of carbonyl (C=O) groups excluding carboxylic acids is 1. The maximum Gasteiger partial charge on any atom is 0.251 e. The van der Waals surface area contributed by atoms with Crippen LogP contribution in [0.5, 0.6) is 0 Å². The maximum absolute atomic E-state index is 12.5. The van der Waals surface area contributed by atoms with Crippen LogP contribution in [0.2, 0.25) is 0 Å². The molecule has 33 heavy (non-hydrogen) atoms. The molecular weight excluding hydrogens is 456 g/mol. The number of amides is 1. The Morgan fingerprint density at radius 2 is 1.88 bits per heavy atom. The molecule has 3 aromatic rings. The quantitative estimate of drug-likeness (QED) is 0.552. The van der Waals surface area contributed by atoms with Gasteiger partial charge in [0.1, 0.15) is 0 Å². The number of rotatable bonds is 7. The van der Waals surface area contributed by atoms with Crippen LogP contribution in [0.3, 0.4) is 0 Å². The van der Waals surface area contributed by atoms with Gasteiger partial charge in [0.2, 0.25) is 0 Å². The van der Waals surface area contributed by atoms with Crippen LogP contribution in [0.1, 0.15) is 28.4 Å². The minimum atomic E-state index is -3.33. The molecule has 1 N–H and O–H groups in total. The molecule has 0 atom stereocenters. The van der Waals surface area contributed by atoms with Crippen LogP contribution < -0.4 is 10.2 Å². The summed E-state index contributed by atoms with van der Waals surface area (Å²) in [6.45, 7) is 10.7. The van der Waals surface area contributed by atoms with E-state index in [4.69, 9.17) is 4.98 Å². The molecule has 1 aliphatic heterocycles. The van der Waals surface area contributed by atoms with Crippen molar-refractivity contribution in [1.82, 2.24) is 15.2 Å². The summed E-state index contributed by atoms with van der Waals surface area (Å²) in [4.78, 5) is 22.2. The average Bonchev–Trinajstić information content (AvgIpc) is 3.24. The highest BCUT2D eigenvalue weighted by Crippen LogP contribution is 2.32. The van der Waals surface area contributed by atoms with Crippen LogP contribution in [0.4, 0.5) is 5.13 Å². The SMILES string of the molecule is CCS(=O)(=O)c1cccc(C(=O)NCCN2CCN(c3nc4cc(C)cc(C)c4s3)CC2)c1. The largest absolute Gasteiger partial charge is 0.351 e. The number of sulfone groups is 1. The van der Waals surface area contributed by atoms with Crippen molar-refractivity contribution in [2.24, 2.45) is 0 Å². The van der Waals surface area contributed by atoms with Crippen LogP contribution in [0, 0.1) is 13.8 Å². The number of thiazole rings is 1. The van der Waals surface area contributed by atoms with Crippen LogP contribution in [-0.4, -0.2) is 69.2 Å². The minimum Gasteiger partial charge on any atom is -0.351 e. The number of fused-ring (bicyclic) bond motifs is 1. The van der Waals surface area contributed by atoms with E-state index in [1.807, 2.05) is 0 Å². The van der Waals surface area contributed by atoms with Crippen molar-refractivity contribution in [2.45, 2.75) is 25.7 Å². The molecule has 1 fully saturated rings. The molecule has 1 saturated heterocycles. The third-order valence-corrected chi connectivity index (χ3v) is 9.00. The third-order valence-electron chi connectivity index (χ3n) is 6.00. The van der Waals surface area contributed by atoms with E-state index in [2.05, 4.69) is 41.1 Å². The summed E-state index contributed by atoms with van der Waals surface area (Å²) in [7, 11) is -3.33. The fourth-order valence-electron chi connectivity index (χ4n) is 4.09. The molecule has 9 heteroatoms. The predicted octanol–water partition coefficient (Wildman–Crippen LogP) is 3.26. The second kappa shape index (κ2) is 9.79. The van der Waals surface area contributed by atoms with E-state index in [0.29, 0.717) is 12.1 Å². The Hall–Kier alpha value is -2.49. The zero-order chi connectivity index (χ0) is 23.6. The first-order valence-electron chi connectivity index (χ1n) is 11.2. The molecule has 1 aromatic heterocycles. The van der Waals surface area contributed by atoms with E-state index in [0.717, 1.165) is 43.4 Å². The molecule has 0 saturated carbocycles. The number of aromatic nitrogens is 1. The van der Waals surface area contributed by atoms with Crippen LogP contribution in [-0.2, 0) is 9.84 Å². The zero-order valence-corrected chi connectivity index (χ0v) is 20.9. The van der Waals surface area contributed by atoms with Gasteiger partial charge < -0.3 is 10.2 Å². The monoisotopic (exact) mass is 486 g/mol. The zero-order valence-electron chi connectivity index (χ0n) is 19.3. The minimum absolute atomic E-state index is 0.0142. The third kappa shape index (κ3) is 5.37. The number of anilines is 1. The molecule has 2 aromatic carbocycles. The molecule has 0 unspecified atom stereocenters. The first-order valence-corrected chi connectivity index (χ1v) is 13.7. The fraction of sp³-hybridized carbons (Fsp3) is 0.417. The first kappa shape index (κ1) is 23.7. The highest BCUT2D eigenvalue weighted by atomic mass is 32.2. The van der Waals surface area contributed by atoms with E-state index in [1.165, 1.54) is 28.0 Å². The first-order chi connectivity index (χ1) is 15.8. The Morgan fingerprint density at radius 1 is 1.12 bits per heavy atom. The average molecular weight is 487 g/mol. The molecule has 1 aliphatic rings. The number of hydrogen-bond acceptors (Lipinski definition) is 7. The Balaban J connectivity index is 1.28. The van der Waals surface area contributed by atoms with Crippen molar-refractivity contribution in [3.8, 4) is 0 Å². The number of hydrogen-bond donors (Lipinski definition) is 1. The van der Waals surface area contributed by atoms with Crippen molar-refractivity contribution in [3.63, 3.8) is 0 Å². The number of nitrogens with zero attached hydrogens (tertiary/aromatic N) is 3. The molecule has 0 bridgehead atoms. The lowest BCUT2D eigenvalue weighted by Gasteiger charge is -2.34. The van der Waals surface area contributed by atoms with Crippen LogP contribution in [0.15, 0.2) is 41.3 Å². The van der Waals surface area contributed by atoms with Crippen molar-refractivity contribution < 1.29 is 13.2 Å². The van der Waals surface area contributed by atoms with E-state index < -0.39 is 9.84 Å². The van der Waals surface area contributed by atoms with Gasteiger partial charge in [-0.15, -0.1) is 0 Å². The highest BCUT2D eigenvalue weighted by Gasteiger charge is 2.20. The summed E-state index contributed by atoms with van der Waals surface area (Å²) < 4.78 is 25.4. The Morgan fingerprint density at radius 3 is 2.61 bits per heavy atom. The molecule has 7 nitrogen and oxygen atoms in total. The second-order valence-electron chi connectivity index (χ2n) is 8.44. The van der Waals surface area contributed by atoms with Crippen molar-refractivity contribution >= 4 is 42.4 Å². The van der Waals surface area contributed by atoms with E-state index in [9.17, 15) is 13.2 Å². The smallest absolute Gasteiger partial charge is 0.251 e. The van der Waals surface area contributed by atoms with Crippen LogP contribution in [0.25, 0.3) is 10.2 Å². The lowest BCUT2D eigenvalue weighted by atomic mass is 10.1. The lowest BCUT2D eigenvalue weighted by Crippen LogP contribution is -2.48. The van der Waals surface area contributed by atoms with Gasteiger partial charge in [-0.3, -0.25) is 9.69 Å². The van der Waals surface area contributed by atoms with Gasteiger partial charge in [-0.2, -0.15) is 0 Å². The summed E-state index contributed by atoms with van der Waals surface area (Å²) in [5.74, 6) is -0.234. The highest BCUT2D eigenvalue weighted by molar-refractivity contribution is 7.91. The Kier molecular flexibility index (Phi) is 7.02. The lowest BCUT2D eigenvalue weighted by molar-refractivity contribution is 0.0947. The van der Waals surface area contributed by atoms with Crippen molar-refractivity contribution in [3.05, 3.63) is 53.1 Å². The Bertz CT molecular complexity index is 1260. The normalized spacial score (nSPS) is 15.2. The Labute approximate surface area is 199 Å². The van der Waals surface area contributed by atoms with E-state index >= 15 is 0 Å². The van der Waals surface area contributed by atoms with Gasteiger partial charge in [0.05, 0.1) is 20.9 Å². The number of benzene rings is 2. The number of piperazine rings is 1. The van der Waals surface area contributed by atoms with Gasteiger partial charge in [0.15, 0.2) is 15.0 Å². The van der Waals surface area contributed by atoms with Gasteiger partial charge in [0, 0.05) is 44.8 Å². The number of nitrogens with one attached hydrogen (secondary N) is 1. The van der Waals surface area contributed by atoms with Gasteiger partial charge in [-0.05, 0) is 49.2 Å². The topological polar surface area (TPSA) is 82.6 Å². The summed E-state index contributed by atoms with van der Waals surface area (Å²) in [6, 6.07) is 10.6. The summed E-state index contributed by atoms with van der Waals surface area (Å²) in [5, 5.41) is 3.99. The number of carbonyl (C=O) groups is 1. The molecule has 2 heterocycles. The molecule has 0 aliphatic carbocycles. The van der Waals surface area contributed by atoms with E-state index in [-0.39, 0.29) is 16.6 Å².